The van der Waals surface area contributed by atoms with Crippen LogP contribution in [0.4, 0.5) is 0 Å². The highest BCUT2D eigenvalue weighted by Gasteiger charge is 2.27. The zero-order valence-electron chi connectivity index (χ0n) is 9.58. The van der Waals surface area contributed by atoms with Gasteiger partial charge in [-0.3, -0.25) is 0 Å². The van der Waals surface area contributed by atoms with Crippen molar-refractivity contribution in [2.75, 3.05) is 20.3 Å². The molecule has 0 spiro atoms. The molecule has 0 aromatic heterocycles. The van der Waals surface area contributed by atoms with Crippen LogP contribution in [0.25, 0.3) is 0 Å². The Labute approximate surface area is 106 Å². The molecule has 2 rings (SSSR count). The summed E-state index contributed by atoms with van der Waals surface area (Å²) in [6.45, 7) is 1.94. The van der Waals surface area contributed by atoms with Crippen LogP contribution in [-0.4, -0.2) is 20.3 Å². The van der Waals surface area contributed by atoms with Gasteiger partial charge in [0, 0.05) is 23.5 Å². The smallest absolute Gasteiger partial charge is 0.0508 e. The highest BCUT2D eigenvalue weighted by molar-refractivity contribution is 9.10. The van der Waals surface area contributed by atoms with E-state index < -0.39 is 0 Å². The fourth-order valence-corrected chi connectivity index (χ4v) is 2.97. The number of methoxy groups -OCH3 is 1. The van der Waals surface area contributed by atoms with Gasteiger partial charge in [-0.2, -0.15) is 0 Å². The second-order valence-corrected chi connectivity index (χ2v) is 5.17. The van der Waals surface area contributed by atoms with Crippen molar-refractivity contribution < 1.29 is 4.74 Å². The lowest BCUT2D eigenvalue weighted by Gasteiger charge is -2.33. The van der Waals surface area contributed by atoms with Crippen molar-refractivity contribution in [3.63, 3.8) is 0 Å². The lowest BCUT2D eigenvalue weighted by Crippen LogP contribution is -2.36. The molecule has 1 aliphatic rings. The molecule has 0 aliphatic carbocycles. The maximum Gasteiger partial charge on any atom is 0.0508 e. The number of piperidine rings is 1. The zero-order valence-corrected chi connectivity index (χ0v) is 11.2. The first-order chi connectivity index (χ1) is 7.83. The Morgan fingerprint density at radius 2 is 2.25 bits per heavy atom. The van der Waals surface area contributed by atoms with Gasteiger partial charge in [-0.05, 0) is 31.0 Å². The normalized spacial score (nSPS) is 25.6. The first kappa shape index (κ1) is 12.1. The van der Waals surface area contributed by atoms with Crippen LogP contribution in [0.2, 0.25) is 0 Å². The maximum absolute atomic E-state index is 5.32. The third-order valence-electron chi connectivity index (χ3n) is 3.21. The summed E-state index contributed by atoms with van der Waals surface area (Å²) >= 11 is 3.63. The van der Waals surface area contributed by atoms with E-state index in [-0.39, 0.29) is 0 Å². The van der Waals surface area contributed by atoms with Crippen molar-refractivity contribution in [3.05, 3.63) is 34.3 Å². The Hall–Kier alpha value is -0.380. The monoisotopic (exact) mass is 283 g/mol. The maximum atomic E-state index is 5.32. The molecule has 0 saturated carbocycles. The first-order valence-corrected chi connectivity index (χ1v) is 6.59. The minimum atomic E-state index is 0.421. The second-order valence-electron chi connectivity index (χ2n) is 4.31. The van der Waals surface area contributed by atoms with Gasteiger partial charge in [0.05, 0.1) is 6.61 Å². The van der Waals surface area contributed by atoms with Gasteiger partial charge in [-0.15, -0.1) is 0 Å². The summed E-state index contributed by atoms with van der Waals surface area (Å²) < 4.78 is 6.51. The van der Waals surface area contributed by atoms with Gasteiger partial charge in [0.15, 0.2) is 0 Å². The van der Waals surface area contributed by atoms with Gasteiger partial charge in [-0.1, -0.05) is 34.1 Å². The SMILES string of the molecule is COCC1CCCNC1c1ccccc1Br. The van der Waals surface area contributed by atoms with E-state index in [4.69, 9.17) is 4.74 Å². The van der Waals surface area contributed by atoms with Crippen LogP contribution in [-0.2, 0) is 4.74 Å². The molecule has 1 fully saturated rings. The van der Waals surface area contributed by atoms with E-state index in [0.29, 0.717) is 12.0 Å². The molecule has 1 aromatic carbocycles. The molecule has 88 valence electrons. The molecule has 1 aromatic rings. The Morgan fingerprint density at radius 3 is 3.00 bits per heavy atom. The largest absolute Gasteiger partial charge is 0.384 e. The minimum Gasteiger partial charge on any atom is -0.384 e. The van der Waals surface area contributed by atoms with Crippen molar-refractivity contribution in [1.82, 2.24) is 5.32 Å². The highest BCUT2D eigenvalue weighted by Crippen LogP contribution is 2.33. The number of halogens is 1. The number of benzene rings is 1. The average Bonchev–Trinajstić information content (AvgIpc) is 2.31. The van der Waals surface area contributed by atoms with Gasteiger partial charge in [0.2, 0.25) is 0 Å². The zero-order chi connectivity index (χ0) is 11.4. The van der Waals surface area contributed by atoms with Gasteiger partial charge < -0.3 is 10.1 Å². The van der Waals surface area contributed by atoms with Crippen LogP contribution in [0.5, 0.6) is 0 Å². The molecular formula is C13H18BrNO. The van der Waals surface area contributed by atoms with Gasteiger partial charge >= 0.3 is 0 Å². The highest BCUT2D eigenvalue weighted by atomic mass is 79.9. The molecule has 16 heavy (non-hydrogen) atoms. The van der Waals surface area contributed by atoms with Crippen molar-refractivity contribution in [3.8, 4) is 0 Å². The number of rotatable bonds is 3. The molecule has 1 N–H and O–H groups in total. The Kier molecular flexibility index (Phi) is 4.38. The van der Waals surface area contributed by atoms with Crippen LogP contribution >= 0.6 is 15.9 Å². The standard InChI is InChI=1S/C13H18BrNO/c1-16-9-10-5-4-8-15-13(10)11-6-2-3-7-12(11)14/h2-3,6-7,10,13,15H,4-5,8-9H2,1H3. The van der Waals surface area contributed by atoms with E-state index in [2.05, 4.69) is 45.5 Å². The summed E-state index contributed by atoms with van der Waals surface area (Å²) in [5.74, 6) is 0.581. The molecular weight excluding hydrogens is 266 g/mol. The third-order valence-corrected chi connectivity index (χ3v) is 3.93. The average molecular weight is 284 g/mol. The van der Waals surface area contributed by atoms with Crippen molar-refractivity contribution in [2.24, 2.45) is 5.92 Å². The third kappa shape index (κ3) is 2.65. The molecule has 2 atom stereocenters. The molecule has 1 saturated heterocycles. The summed E-state index contributed by atoms with van der Waals surface area (Å²) in [5, 5.41) is 3.60. The summed E-state index contributed by atoms with van der Waals surface area (Å²) in [4.78, 5) is 0. The molecule has 3 heteroatoms. The summed E-state index contributed by atoms with van der Waals surface area (Å²) in [7, 11) is 1.78. The summed E-state index contributed by atoms with van der Waals surface area (Å²) in [6, 6.07) is 8.87. The number of ether oxygens (including phenoxy) is 1. The number of hydrogen-bond donors (Lipinski definition) is 1. The van der Waals surface area contributed by atoms with E-state index in [1.54, 1.807) is 7.11 Å². The van der Waals surface area contributed by atoms with E-state index >= 15 is 0 Å². The second kappa shape index (κ2) is 5.80. The molecule has 0 amide bonds. The van der Waals surface area contributed by atoms with E-state index in [9.17, 15) is 0 Å². The van der Waals surface area contributed by atoms with Crippen LogP contribution < -0.4 is 5.32 Å². The summed E-state index contributed by atoms with van der Waals surface area (Å²) in [6.07, 6.45) is 2.49. The fourth-order valence-electron chi connectivity index (χ4n) is 2.44. The topological polar surface area (TPSA) is 21.3 Å². The molecule has 2 nitrogen and oxygen atoms in total. The Bertz CT molecular complexity index is 340. The Balaban J connectivity index is 2.19. The first-order valence-electron chi connectivity index (χ1n) is 5.79. The minimum absolute atomic E-state index is 0.421. The van der Waals surface area contributed by atoms with E-state index in [1.165, 1.54) is 22.9 Å². The lowest BCUT2D eigenvalue weighted by atomic mass is 9.87. The predicted octanol–water partition coefficient (Wildman–Crippen LogP) is 3.14. The van der Waals surface area contributed by atoms with Crippen LogP contribution in [0.15, 0.2) is 28.7 Å². The Morgan fingerprint density at radius 1 is 1.44 bits per heavy atom. The lowest BCUT2D eigenvalue weighted by molar-refractivity contribution is 0.112. The van der Waals surface area contributed by atoms with Gasteiger partial charge in [0.25, 0.3) is 0 Å². The van der Waals surface area contributed by atoms with E-state index in [1.807, 2.05) is 0 Å². The summed E-state index contributed by atoms with van der Waals surface area (Å²) in [5.41, 5.74) is 1.35. The van der Waals surface area contributed by atoms with Crippen molar-refractivity contribution in [1.29, 1.82) is 0 Å². The quantitative estimate of drug-likeness (QED) is 0.920. The van der Waals surface area contributed by atoms with Crippen LogP contribution in [0.1, 0.15) is 24.4 Å². The predicted molar refractivity (Wildman–Crippen MR) is 69.5 cm³/mol. The van der Waals surface area contributed by atoms with Crippen molar-refractivity contribution >= 4 is 15.9 Å². The molecule has 2 unspecified atom stereocenters. The van der Waals surface area contributed by atoms with Gasteiger partial charge in [0.1, 0.15) is 0 Å². The molecule has 1 heterocycles. The fraction of sp³-hybridized carbons (Fsp3) is 0.538. The molecule has 0 bridgehead atoms. The number of nitrogens with one attached hydrogen (secondary N) is 1. The molecule has 0 radical (unpaired) electrons. The van der Waals surface area contributed by atoms with Crippen LogP contribution in [0, 0.1) is 5.92 Å². The number of hydrogen-bond acceptors (Lipinski definition) is 2. The van der Waals surface area contributed by atoms with E-state index in [0.717, 1.165) is 13.2 Å². The van der Waals surface area contributed by atoms with Gasteiger partial charge in [-0.25, -0.2) is 0 Å². The molecule has 1 aliphatic heterocycles. The van der Waals surface area contributed by atoms with Crippen molar-refractivity contribution in [2.45, 2.75) is 18.9 Å². The van der Waals surface area contributed by atoms with Crippen LogP contribution in [0.3, 0.4) is 0 Å².